The van der Waals surface area contributed by atoms with E-state index in [1.54, 1.807) is 0 Å². The maximum atomic E-state index is 13.6. The Bertz CT molecular complexity index is 515. The molecule has 1 heterocycles. The van der Waals surface area contributed by atoms with E-state index in [9.17, 15) is 8.78 Å². The molecule has 0 aliphatic heterocycles. The Balaban J connectivity index is 2.66. The molecule has 0 aliphatic rings. The van der Waals surface area contributed by atoms with Gasteiger partial charge in [-0.15, -0.1) is 11.3 Å². The lowest BCUT2D eigenvalue weighted by Gasteiger charge is -2.02. The van der Waals surface area contributed by atoms with E-state index in [4.69, 9.17) is 11.6 Å². The zero-order chi connectivity index (χ0) is 11.0. The minimum Gasteiger partial charge on any atom is -0.224 e. The average molecular weight is 311 g/mol. The maximum absolute atomic E-state index is 13.6. The topological polar surface area (TPSA) is 12.9 Å². The lowest BCUT2D eigenvalue weighted by Crippen LogP contribution is -1.90. The van der Waals surface area contributed by atoms with Crippen LogP contribution in [0.2, 0.25) is 5.15 Å². The van der Waals surface area contributed by atoms with Gasteiger partial charge in [-0.2, -0.15) is 0 Å². The summed E-state index contributed by atoms with van der Waals surface area (Å²) in [5, 5.41) is 1.99. The van der Waals surface area contributed by atoms with E-state index in [2.05, 4.69) is 20.9 Å². The van der Waals surface area contributed by atoms with Crippen molar-refractivity contribution in [2.24, 2.45) is 0 Å². The van der Waals surface area contributed by atoms with E-state index >= 15 is 0 Å². The number of aromatic nitrogens is 1. The van der Waals surface area contributed by atoms with Crippen molar-refractivity contribution in [1.29, 1.82) is 0 Å². The van der Waals surface area contributed by atoms with E-state index in [1.807, 2.05) is 0 Å². The Kier molecular flexibility index (Phi) is 3.04. The molecule has 0 amide bonds. The van der Waals surface area contributed by atoms with Crippen LogP contribution in [0.1, 0.15) is 0 Å². The molecule has 1 aromatic carbocycles. The molecule has 0 spiro atoms. The summed E-state index contributed by atoms with van der Waals surface area (Å²) >= 11 is 9.68. The van der Waals surface area contributed by atoms with E-state index in [0.29, 0.717) is 0 Å². The van der Waals surface area contributed by atoms with Crippen LogP contribution in [0, 0.1) is 11.6 Å². The normalized spacial score (nSPS) is 10.7. The smallest absolute Gasteiger partial charge is 0.150 e. The molecule has 1 nitrogen and oxygen atoms in total. The van der Waals surface area contributed by atoms with Crippen molar-refractivity contribution in [3.8, 4) is 10.6 Å². The predicted molar refractivity (Wildman–Crippen MR) is 60.2 cm³/mol. The first-order valence-corrected chi connectivity index (χ1v) is 5.89. The Morgan fingerprint density at radius 3 is 2.67 bits per heavy atom. The number of hydrogen-bond donors (Lipinski definition) is 0. The summed E-state index contributed by atoms with van der Waals surface area (Å²) < 4.78 is 27.2. The number of rotatable bonds is 1. The standard InChI is InChI=1S/C9H3BrClF2NS/c10-4-1-2-5(12)7(8(4)13)9-14-6(11)3-15-9/h1-3H. The molecule has 0 unspecified atom stereocenters. The largest absolute Gasteiger partial charge is 0.224 e. The predicted octanol–water partition coefficient (Wildman–Crippen LogP) is 4.50. The van der Waals surface area contributed by atoms with Gasteiger partial charge in [-0.25, -0.2) is 13.8 Å². The van der Waals surface area contributed by atoms with Crippen LogP contribution >= 0.6 is 38.9 Å². The summed E-state index contributed by atoms with van der Waals surface area (Å²) in [7, 11) is 0. The zero-order valence-electron chi connectivity index (χ0n) is 7.10. The molecule has 2 aromatic rings. The molecule has 0 N–H and O–H groups in total. The van der Waals surface area contributed by atoms with Gasteiger partial charge in [-0.05, 0) is 28.1 Å². The Morgan fingerprint density at radius 1 is 1.33 bits per heavy atom. The molecule has 0 bridgehead atoms. The first kappa shape index (κ1) is 11.0. The third-order valence-corrected chi connectivity index (χ3v) is 3.53. The first-order valence-electron chi connectivity index (χ1n) is 3.84. The maximum Gasteiger partial charge on any atom is 0.150 e. The summed E-state index contributed by atoms with van der Waals surface area (Å²) in [6, 6.07) is 2.49. The third-order valence-electron chi connectivity index (χ3n) is 1.73. The second-order valence-corrected chi connectivity index (χ2v) is 4.79. The SMILES string of the molecule is Fc1ccc(Br)c(F)c1-c1nc(Cl)cs1. The molecule has 0 aliphatic carbocycles. The van der Waals surface area contributed by atoms with Crippen LogP contribution in [0.15, 0.2) is 22.0 Å². The Hall–Kier alpha value is -0.520. The first-order chi connectivity index (χ1) is 7.09. The van der Waals surface area contributed by atoms with E-state index in [1.165, 1.54) is 17.5 Å². The molecule has 0 saturated heterocycles. The summed E-state index contributed by atoms with van der Waals surface area (Å²) in [6.07, 6.45) is 0. The van der Waals surface area contributed by atoms with Gasteiger partial charge < -0.3 is 0 Å². The minimum atomic E-state index is -0.666. The highest BCUT2D eigenvalue weighted by atomic mass is 79.9. The van der Waals surface area contributed by atoms with E-state index in [-0.39, 0.29) is 20.2 Å². The molecule has 0 radical (unpaired) electrons. The summed E-state index contributed by atoms with van der Waals surface area (Å²) in [6.45, 7) is 0. The highest BCUT2D eigenvalue weighted by Crippen LogP contribution is 2.33. The van der Waals surface area contributed by atoms with Gasteiger partial charge in [0, 0.05) is 5.38 Å². The van der Waals surface area contributed by atoms with Crippen LogP contribution < -0.4 is 0 Å². The Morgan fingerprint density at radius 2 is 2.07 bits per heavy atom. The van der Waals surface area contributed by atoms with Gasteiger partial charge in [0.25, 0.3) is 0 Å². The van der Waals surface area contributed by atoms with E-state index in [0.717, 1.165) is 11.3 Å². The monoisotopic (exact) mass is 309 g/mol. The second-order valence-electron chi connectivity index (χ2n) is 2.69. The summed E-state index contributed by atoms with van der Waals surface area (Å²) in [5.74, 6) is -1.32. The Labute approximate surface area is 102 Å². The van der Waals surface area contributed by atoms with Gasteiger partial charge in [-0.1, -0.05) is 11.6 Å². The molecule has 78 valence electrons. The van der Waals surface area contributed by atoms with Crippen molar-refractivity contribution < 1.29 is 8.78 Å². The van der Waals surface area contributed by atoms with Gasteiger partial charge in [0.15, 0.2) is 5.82 Å². The van der Waals surface area contributed by atoms with Crippen LogP contribution in [0.4, 0.5) is 8.78 Å². The molecule has 6 heteroatoms. The van der Waals surface area contributed by atoms with Crippen molar-refractivity contribution in [3.63, 3.8) is 0 Å². The zero-order valence-corrected chi connectivity index (χ0v) is 10.3. The number of thiazole rings is 1. The molecular formula is C9H3BrClF2NS. The summed E-state index contributed by atoms with van der Waals surface area (Å²) in [4.78, 5) is 3.83. The number of hydrogen-bond acceptors (Lipinski definition) is 2. The van der Waals surface area contributed by atoms with Gasteiger partial charge in [0.1, 0.15) is 16.0 Å². The average Bonchev–Trinajstić information content (AvgIpc) is 2.59. The lowest BCUT2D eigenvalue weighted by atomic mass is 10.2. The van der Waals surface area contributed by atoms with Crippen molar-refractivity contribution in [1.82, 2.24) is 4.98 Å². The molecular weight excluding hydrogens is 308 g/mol. The number of halogens is 4. The van der Waals surface area contributed by atoms with Crippen LogP contribution in [-0.4, -0.2) is 4.98 Å². The molecule has 1 aromatic heterocycles. The molecule has 0 atom stereocenters. The molecule has 0 fully saturated rings. The van der Waals surface area contributed by atoms with E-state index < -0.39 is 11.6 Å². The fourth-order valence-corrected chi connectivity index (χ4v) is 2.41. The van der Waals surface area contributed by atoms with Gasteiger partial charge in [0.2, 0.25) is 0 Å². The fraction of sp³-hybridized carbons (Fsp3) is 0. The quantitative estimate of drug-likeness (QED) is 0.707. The number of benzene rings is 1. The van der Waals surface area contributed by atoms with Crippen molar-refractivity contribution >= 4 is 38.9 Å². The fourth-order valence-electron chi connectivity index (χ4n) is 1.09. The van der Waals surface area contributed by atoms with Crippen LogP contribution in [0.5, 0.6) is 0 Å². The lowest BCUT2D eigenvalue weighted by molar-refractivity contribution is 0.585. The highest BCUT2D eigenvalue weighted by Gasteiger charge is 2.17. The molecule has 0 saturated carbocycles. The minimum absolute atomic E-state index is 0.152. The van der Waals surface area contributed by atoms with Gasteiger partial charge >= 0.3 is 0 Å². The highest BCUT2D eigenvalue weighted by molar-refractivity contribution is 9.10. The second kappa shape index (κ2) is 4.15. The molecule has 2 rings (SSSR count). The van der Waals surface area contributed by atoms with Crippen LogP contribution in [0.3, 0.4) is 0 Å². The van der Waals surface area contributed by atoms with Crippen LogP contribution in [0.25, 0.3) is 10.6 Å². The number of nitrogens with zero attached hydrogens (tertiary/aromatic N) is 1. The van der Waals surface area contributed by atoms with Crippen LogP contribution in [-0.2, 0) is 0 Å². The van der Waals surface area contributed by atoms with Crippen molar-refractivity contribution in [2.45, 2.75) is 0 Å². The third kappa shape index (κ3) is 2.04. The summed E-state index contributed by atoms with van der Waals surface area (Å²) in [5.41, 5.74) is -0.152. The van der Waals surface area contributed by atoms with Gasteiger partial charge in [-0.3, -0.25) is 0 Å². The van der Waals surface area contributed by atoms with Gasteiger partial charge in [0.05, 0.1) is 10.0 Å². The van der Waals surface area contributed by atoms with Crippen molar-refractivity contribution in [3.05, 3.63) is 38.8 Å². The van der Waals surface area contributed by atoms with Crippen molar-refractivity contribution in [2.75, 3.05) is 0 Å². The molecule has 15 heavy (non-hydrogen) atoms.